The lowest BCUT2D eigenvalue weighted by Crippen LogP contribution is -1.98. The molecule has 2 heteroatoms. The van der Waals surface area contributed by atoms with Gasteiger partial charge in [0.05, 0.1) is 6.10 Å². The molecular formula is C4H7O2-. The first-order chi connectivity index (χ1) is 2.77. The van der Waals surface area contributed by atoms with Gasteiger partial charge in [0.15, 0.2) is 0 Å². The van der Waals surface area contributed by atoms with Crippen LogP contribution in [0, 0.1) is 0 Å². The largest absolute Gasteiger partial charge is 0.651 e. The molecule has 0 saturated heterocycles. The summed E-state index contributed by atoms with van der Waals surface area (Å²) < 4.78 is 4.24. The number of carbonyl (C=O) groups excluding carboxylic acids is 1. The fourth-order valence-corrected chi connectivity index (χ4v) is 0.0962. The third-order valence-corrected chi connectivity index (χ3v) is 0.284. The van der Waals surface area contributed by atoms with Crippen LogP contribution in [0.25, 0.3) is 0 Å². The third-order valence-electron chi connectivity index (χ3n) is 0.284. The summed E-state index contributed by atoms with van der Waals surface area (Å²) in [5, 5.41) is 0. The second-order valence-electron chi connectivity index (χ2n) is 1.25. The first-order valence-electron chi connectivity index (χ1n) is 1.80. The molecule has 0 aliphatic rings. The molecule has 6 heavy (non-hydrogen) atoms. The van der Waals surface area contributed by atoms with E-state index in [1.807, 2.05) is 0 Å². The van der Waals surface area contributed by atoms with E-state index in [4.69, 9.17) is 0 Å². The Morgan fingerprint density at radius 1 is 1.67 bits per heavy atom. The van der Waals surface area contributed by atoms with Crippen LogP contribution in [0.4, 0.5) is 0 Å². The van der Waals surface area contributed by atoms with Crippen molar-refractivity contribution in [2.24, 2.45) is 0 Å². The summed E-state index contributed by atoms with van der Waals surface area (Å²) in [6, 6.07) is 0. The second-order valence-corrected chi connectivity index (χ2v) is 1.25. The highest BCUT2D eigenvalue weighted by molar-refractivity contribution is 5.38. The fraction of sp³-hybridized carbons (Fsp3) is 0.750. The molecule has 0 aromatic heterocycles. The zero-order valence-electron chi connectivity index (χ0n) is 3.89. The number of hydrogen-bond donors (Lipinski definition) is 0. The summed E-state index contributed by atoms with van der Waals surface area (Å²) in [6.07, 6.45) is -0.0255. The Kier molecular flexibility index (Phi) is 2.46. The summed E-state index contributed by atoms with van der Waals surface area (Å²) in [4.78, 5) is 9.27. The van der Waals surface area contributed by atoms with E-state index in [9.17, 15) is 4.79 Å². The zero-order valence-corrected chi connectivity index (χ0v) is 3.89. The molecule has 0 fully saturated rings. The summed E-state index contributed by atoms with van der Waals surface area (Å²) in [6.45, 7) is 4.85. The molecule has 0 radical (unpaired) electrons. The van der Waals surface area contributed by atoms with E-state index in [2.05, 4.69) is 4.74 Å². The quantitative estimate of drug-likeness (QED) is 0.458. The van der Waals surface area contributed by atoms with Crippen molar-refractivity contribution in [3.8, 4) is 0 Å². The highest BCUT2D eigenvalue weighted by Gasteiger charge is 1.75. The van der Waals surface area contributed by atoms with Gasteiger partial charge in [-0.25, -0.2) is 0 Å². The monoisotopic (exact) mass is 87.0 g/mol. The second kappa shape index (κ2) is 2.69. The van der Waals surface area contributed by atoms with Gasteiger partial charge in [-0.3, -0.25) is 0 Å². The lowest BCUT2D eigenvalue weighted by Gasteiger charge is -2.09. The summed E-state index contributed by atoms with van der Waals surface area (Å²) >= 11 is 0. The Morgan fingerprint density at radius 2 is 2.17 bits per heavy atom. The summed E-state index contributed by atoms with van der Waals surface area (Å²) in [5.41, 5.74) is 0. The van der Waals surface area contributed by atoms with Crippen molar-refractivity contribution in [1.29, 1.82) is 0 Å². The van der Waals surface area contributed by atoms with Gasteiger partial charge >= 0.3 is 0 Å². The Labute approximate surface area is 37.1 Å². The van der Waals surface area contributed by atoms with Gasteiger partial charge in [-0.05, 0) is 13.8 Å². The van der Waals surface area contributed by atoms with Crippen molar-refractivity contribution in [3.63, 3.8) is 0 Å². The summed E-state index contributed by atoms with van der Waals surface area (Å²) in [7, 11) is 0. The smallest absolute Gasteiger partial charge is 0.0537 e. The van der Waals surface area contributed by atoms with Crippen molar-refractivity contribution >= 4 is 6.47 Å². The molecule has 36 valence electrons. The van der Waals surface area contributed by atoms with Crippen LogP contribution in [0.1, 0.15) is 13.8 Å². The molecule has 0 bridgehead atoms. The lowest BCUT2D eigenvalue weighted by molar-refractivity contribution is 0.212. The van der Waals surface area contributed by atoms with Gasteiger partial charge in [-0.15, -0.1) is 0 Å². The van der Waals surface area contributed by atoms with Crippen molar-refractivity contribution in [2.45, 2.75) is 20.0 Å². The highest BCUT2D eigenvalue weighted by Crippen LogP contribution is 1.79. The third kappa shape index (κ3) is 3.47. The van der Waals surface area contributed by atoms with E-state index >= 15 is 0 Å². The minimum atomic E-state index is -0.0255. The standard InChI is InChI=1S/C4H7O2/c1-4(2)6-3-5/h4H,1-2H3/q-1. The van der Waals surface area contributed by atoms with Crippen LogP contribution in [-0.4, -0.2) is 12.6 Å². The van der Waals surface area contributed by atoms with Crippen LogP contribution in [0.15, 0.2) is 0 Å². The van der Waals surface area contributed by atoms with Gasteiger partial charge < -0.3 is 9.53 Å². The zero-order chi connectivity index (χ0) is 4.99. The van der Waals surface area contributed by atoms with E-state index in [1.54, 1.807) is 13.8 Å². The van der Waals surface area contributed by atoms with E-state index in [0.29, 0.717) is 0 Å². The molecule has 0 aliphatic heterocycles. The molecule has 0 rings (SSSR count). The molecule has 0 aliphatic carbocycles. The average molecular weight is 87.1 g/mol. The van der Waals surface area contributed by atoms with Crippen molar-refractivity contribution in [3.05, 3.63) is 0 Å². The van der Waals surface area contributed by atoms with Crippen molar-refractivity contribution < 1.29 is 9.53 Å². The molecular weight excluding hydrogens is 80.0 g/mol. The van der Waals surface area contributed by atoms with Gasteiger partial charge in [-0.2, -0.15) is 0 Å². The SMILES string of the molecule is CC(C)O[C-]=O. The first kappa shape index (κ1) is 5.47. The molecule has 0 unspecified atom stereocenters. The van der Waals surface area contributed by atoms with Crippen LogP contribution < -0.4 is 0 Å². The van der Waals surface area contributed by atoms with Crippen LogP contribution in [0.5, 0.6) is 0 Å². The minimum absolute atomic E-state index is 0.0255. The topological polar surface area (TPSA) is 26.3 Å². The van der Waals surface area contributed by atoms with Crippen molar-refractivity contribution in [2.75, 3.05) is 0 Å². The fourth-order valence-electron chi connectivity index (χ4n) is 0.0962. The normalized spacial score (nSPS) is 8.50. The van der Waals surface area contributed by atoms with Gasteiger partial charge in [0.1, 0.15) is 0 Å². The highest BCUT2D eigenvalue weighted by atomic mass is 16.5. The average Bonchev–Trinajstić information content (AvgIpc) is 1.35. The van der Waals surface area contributed by atoms with Gasteiger partial charge in [-0.1, -0.05) is 6.47 Å². The van der Waals surface area contributed by atoms with Gasteiger partial charge in [0.2, 0.25) is 0 Å². The predicted molar refractivity (Wildman–Crippen MR) is 21.9 cm³/mol. The number of rotatable bonds is 2. The maximum absolute atomic E-state index is 9.27. The molecule has 0 atom stereocenters. The van der Waals surface area contributed by atoms with Gasteiger partial charge in [0, 0.05) is 0 Å². The number of ether oxygens (including phenoxy) is 1. The van der Waals surface area contributed by atoms with E-state index in [0.717, 1.165) is 0 Å². The maximum Gasteiger partial charge on any atom is 0.0537 e. The molecule has 0 heterocycles. The van der Waals surface area contributed by atoms with Crippen LogP contribution in [-0.2, 0) is 9.53 Å². The molecule has 0 spiro atoms. The first-order valence-corrected chi connectivity index (χ1v) is 1.80. The summed E-state index contributed by atoms with van der Waals surface area (Å²) in [5.74, 6) is 0. The Bertz CT molecular complexity index is 40.8. The van der Waals surface area contributed by atoms with Crippen LogP contribution >= 0.6 is 0 Å². The maximum atomic E-state index is 9.27. The van der Waals surface area contributed by atoms with Crippen LogP contribution in [0.2, 0.25) is 0 Å². The molecule has 2 nitrogen and oxygen atoms in total. The molecule has 0 aromatic carbocycles. The molecule has 0 saturated carbocycles. The minimum Gasteiger partial charge on any atom is -0.651 e. The number of hydrogen-bond acceptors (Lipinski definition) is 2. The van der Waals surface area contributed by atoms with E-state index in [1.165, 1.54) is 6.47 Å². The lowest BCUT2D eigenvalue weighted by atomic mass is 10.5. The molecule has 0 amide bonds. The van der Waals surface area contributed by atoms with Crippen molar-refractivity contribution in [1.82, 2.24) is 0 Å². The Hall–Kier alpha value is -0.530. The van der Waals surface area contributed by atoms with E-state index in [-0.39, 0.29) is 6.10 Å². The molecule has 0 aromatic rings. The Balaban J connectivity index is 2.81. The van der Waals surface area contributed by atoms with Crippen LogP contribution in [0.3, 0.4) is 0 Å². The van der Waals surface area contributed by atoms with E-state index < -0.39 is 0 Å². The Morgan fingerprint density at radius 3 is 2.17 bits per heavy atom. The molecule has 0 N–H and O–H groups in total. The predicted octanol–water partition coefficient (Wildman–Crippen LogP) is 0.479. The van der Waals surface area contributed by atoms with Gasteiger partial charge in [0.25, 0.3) is 0 Å².